The fourth-order valence-corrected chi connectivity index (χ4v) is 4.55. The molecule has 0 aromatic heterocycles. The first kappa shape index (κ1) is 25.1. The predicted molar refractivity (Wildman–Crippen MR) is 139 cm³/mol. The van der Waals surface area contributed by atoms with Crippen molar-refractivity contribution in [3.8, 4) is 0 Å². The number of hydrogen-bond acceptors (Lipinski definition) is 5. The fourth-order valence-electron chi connectivity index (χ4n) is 4.55. The molecule has 0 aliphatic carbocycles. The number of carbonyl (C=O) groups is 1. The van der Waals surface area contributed by atoms with E-state index >= 15 is 0 Å². The molecular formula is C29H35N3O3. The van der Waals surface area contributed by atoms with Crippen LogP contribution in [0.5, 0.6) is 0 Å². The van der Waals surface area contributed by atoms with Crippen molar-refractivity contribution in [3.63, 3.8) is 0 Å². The van der Waals surface area contributed by atoms with Gasteiger partial charge in [-0.15, -0.1) is 0 Å². The van der Waals surface area contributed by atoms with E-state index < -0.39 is 0 Å². The van der Waals surface area contributed by atoms with Gasteiger partial charge in [-0.1, -0.05) is 72.8 Å². The quantitative estimate of drug-likeness (QED) is 0.442. The van der Waals surface area contributed by atoms with Gasteiger partial charge in [-0.2, -0.15) is 0 Å². The third kappa shape index (κ3) is 7.47. The summed E-state index contributed by atoms with van der Waals surface area (Å²) in [4.78, 5) is 17.6. The van der Waals surface area contributed by atoms with Gasteiger partial charge in [-0.3, -0.25) is 14.6 Å². The van der Waals surface area contributed by atoms with Gasteiger partial charge in [-0.25, -0.2) is 0 Å². The number of rotatable bonds is 11. The maximum absolute atomic E-state index is 13.1. The number of aliphatic hydroxyl groups excluding tert-OH is 1. The molecule has 6 heteroatoms. The van der Waals surface area contributed by atoms with E-state index in [2.05, 4.69) is 51.5 Å². The van der Waals surface area contributed by atoms with E-state index in [0.717, 1.165) is 49.7 Å². The molecule has 4 rings (SSSR count). The first-order valence-corrected chi connectivity index (χ1v) is 12.4. The smallest absolute Gasteiger partial charge is 0.238 e. The van der Waals surface area contributed by atoms with Crippen LogP contribution in [0.1, 0.15) is 29.2 Å². The minimum atomic E-state index is -0.0781. The molecule has 0 radical (unpaired) electrons. The van der Waals surface area contributed by atoms with Crippen LogP contribution in [0.4, 0.5) is 5.69 Å². The lowest BCUT2D eigenvalue weighted by atomic mass is 9.96. The molecular weight excluding hydrogens is 438 g/mol. The highest BCUT2D eigenvalue weighted by molar-refractivity contribution is 5.92. The van der Waals surface area contributed by atoms with Crippen molar-refractivity contribution in [2.24, 2.45) is 0 Å². The summed E-state index contributed by atoms with van der Waals surface area (Å²) in [6.07, 6.45) is 0.597. The largest absolute Gasteiger partial charge is 0.396 e. The van der Waals surface area contributed by atoms with Crippen LogP contribution in [-0.2, 0) is 16.1 Å². The van der Waals surface area contributed by atoms with Crippen LogP contribution in [0.15, 0.2) is 84.9 Å². The molecule has 1 aliphatic heterocycles. The number of anilines is 1. The maximum atomic E-state index is 13.1. The Morgan fingerprint density at radius 2 is 1.51 bits per heavy atom. The van der Waals surface area contributed by atoms with Gasteiger partial charge < -0.3 is 15.2 Å². The molecule has 0 saturated carbocycles. The van der Waals surface area contributed by atoms with Gasteiger partial charge in [0.1, 0.15) is 0 Å². The molecule has 3 aromatic carbocycles. The number of nitrogens with zero attached hydrogens (tertiary/aromatic N) is 2. The lowest BCUT2D eigenvalue weighted by Gasteiger charge is -2.32. The number of benzene rings is 3. The summed E-state index contributed by atoms with van der Waals surface area (Å²) in [5, 5.41) is 12.6. The second-order valence-electron chi connectivity index (χ2n) is 8.91. The van der Waals surface area contributed by atoms with Gasteiger partial charge in [0.2, 0.25) is 5.91 Å². The summed E-state index contributed by atoms with van der Waals surface area (Å²) in [6, 6.07) is 28.5. The minimum Gasteiger partial charge on any atom is -0.396 e. The molecule has 35 heavy (non-hydrogen) atoms. The molecule has 1 saturated heterocycles. The summed E-state index contributed by atoms with van der Waals surface area (Å²) >= 11 is 0. The van der Waals surface area contributed by atoms with Crippen LogP contribution in [0.2, 0.25) is 0 Å². The van der Waals surface area contributed by atoms with Gasteiger partial charge in [0.25, 0.3) is 0 Å². The Labute approximate surface area is 208 Å². The second-order valence-corrected chi connectivity index (χ2v) is 8.91. The van der Waals surface area contributed by atoms with Crippen LogP contribution in [-0.4, -0.2) is 66.8 Å². The van der Waals surface area contributed by atoms with Gasteiger partial charge in [-0.05, 0) is 35.2 Å². The fraction of sp³-hybridized carbons (Fsp3) is 0.345. The third-order valence-corrected chi connectivity index (χ3v) is 6.29. The normalized spacial score (nSPS) is 14.4. The highest BCUT2D eigenvalue weighted by Crippen LogP contribution is 2.28. The summed E-state index contributed by atoms with van der Waals surface area (Å²) in [6.45, 7) is 5.28. The lowest BCUT2D eigenvalue weighted by Crippen LogP contribution is -2.38. The molecule has 1 heterocycles. The highest BCUT2D eigenvalue weighted by Gasteiger charge is 2.24. The number of morpholine rings is 1. The average molecular weight is 474 g/mol. The minimum absolute atomic E-state index is 0.0688. The van der Waals surface area contributed by atoms with E-state index in [9.17, 15) is 9.90 Å². The molecule has 6 nitrogen and oxygen atoms in total. The van der Waals surface area contributed by atoms with Crippen molar-refractivity contribution in [2.45, 2.75) is 19.0 Å². The molecule has 184 valence electrons. The van der Waals surface area contributed by atoms with E-state index in [4.69, 9.17) is 4.74 Å². The SMILES string of the molecule is O=C(CN(CCCO)C(c1ccccc1)c1ccccc1)Nc1ccc(CN2CCOCC2)cc1. The van der Waals surface area contributed by atoms with E-state index in [0.29, 0.717) is 13.0 Å². The molecule has 0 spiro atoms. The summed E-state index contributed by atoms with van der Waals surface area (Å²) in [5.41, 5.74) is 4.26. The number of hydrogen-bond donors (Lipinski definition) is 2. The van der Waals surface area contributed by atoms with Gasteiger partial charge in [0.05, 0.1) is 25.8 Å². The number of ether oxygens (including phenoxy) is 1. The first-order chi connectivity index (χ1) is 17.2. The van der Waals surface area contributed by atoms with E-state index in [1.165, 1.54) is 5.56 Å². The Kier molecular flexibility index (Phi) is 9.43. The van der Waals surface area contributed by atoms with Crippen LogP contribution >= 0.6 is 0 Å². The van der Waals surface area contributed by atoms with Crippen LogP contribution in [0.3, 0.4) is 0 Å². The molecule has 0 atom stereocenters. The molecule has 0 unspecified atom stereocenters. The maximum Gasteiger partial charge on any atom is 0.238 e. The number of aliphatic hydroxyl groups is 1. The van der Waals surface area contributed by atoms with Gasteiger partial charge in [0.15, 0.2) is 0 Å². The Hall–Kier alpha value is -3.03. The van der Waals surface area contributed by atoms with Crippen LogP contribution < -0.4 is 5.32 Å². The molecule has 3 aromatic rings. The topological polar surface area (TPSA) is 65.0 Å². The zero-order valence-electron chi connectivity index (χ0n) is 20.2. The Morgan fingerprint density at radius 1 is 0.914 bits per heavy atom. The second kappa shape index (κ2) is 13.2. The van der Waals surface area contributed by atoms with E-state index in [1.807, 2.05) is 48.5 Å². The zero-order chi connectivity index (χ0) is 24.3. The van der Waals surface area contributed by atoms with Crippen molar-refractivity contribution in [1.29, 1.82) is 0 Å². The number of carbonyl (C=O) groups excluding carboxylic acids is 1. The van der Waals surface area contributed by atoms with Crippen molar-refractivity contribution in [1.82, 2.24) is 9.80 Å². The third-order valence-electron chi connectivity index (χ3n) is 6.29. The first-order valence-electron chi connectivity index (χ1n) is 12.4. The monoisotopic (exact) mass is 473 g/mol. The van der Waals surface area contributed by atoms with Crippen molar-refractivity contribution >= 4 is 11.6 Å². The molecule has 0 bridgehead atoms. The summed E-state index contributed by atoms with van der Waals surface area (Å²) < 4.78 is 5.42. The number of nitrogens with one attached hydrogen (secondary N) is 1. The zero-order valence-corrected chi connectivity index (χ0v) is 20.2. The molecule has 2 N–H and O–H groups in total. The van der Waals surface area contributed by atoms with Crippen LogP contribution in [0.25, 0.3) is 0 Å². The Balaban J connectivity index is 1.45. The van der Waals surface area contributed by atoms with Gasteiger partial charge >= 0.3 is 0 Å². The average Bonchev–Trinajstić information content (AvgIpc) is 2.90. The lowest BCUT2D eigenvalue weighted by molar-refractivity contribution is -0.117. The van der Waals surface area contributed by atoms with Crippen molar-refractivity contribution < 1.29 is 14.6 Å². The van der Waals surface area contributed by atoms with Crippen molar-refractivity contribution in [2.75, 3.05) is 51.3 Å². The highest BCUT2D eigenvalue weighted by atomic mass is 16.5. The van der Waals surface area contributed by atoms with Crippen LogP contribution in [0, 0.1) is 0 Å². The predicted octanol–water partition coefficient (Wildman–Crippen LogP) is 3.93. The summed E-state index contributed by atoms with van der Waals surface area (Å²) in [5.74, 6) is -0.0688. The number of amides is 1. The Morgan fingerprint density at radius 3 is 2.09 bits per heavy atom. The Bertz CT molecular complexity index is 983. The van der Waals surface area contributed by atoms with Gasteiger partial charge in [0, 0.05) is 38.5 Å². The standard InChI is InChI=1S/C29H35N3O3/c33-19-7-16-32(29(25-8-3-1-4-9-25)26-10-5-2-6-11-26)23-28(34)30-27-14-12-24(13-15-27)22-31-17-20-35-21-18-31/h1-6,8-15,29,33H,7,16-23H2,(H,30,34). The molecule has 1 aliphatic rings. The van der Waals surface area contributed by atoms with Crippen molar-refractivity contribution in [3.05, 3.63) is 102 Å². The van der Waals surface area contributed by atoms with E-state index in [-0.39, 0.29) is 25.1 Å². The summed E-state index contributed by atoms with van der Waals surface area (Å²) in [7, 11) is 0. The molecule has 1 fully saturated rings. The molecule has 1 amide bonds. The van der Waals surface area contributed by atoms with E-state index in [1.54, 1.807) is 0 Å².